The van der Waals surface area contributed by atoms with Gasteiger partial charge < -0.3 is 4.42 Å². The predicted molar refractivity (Wildman–Crippen MR) is 90.3 cm³/mol. The molecule has 1 aliphatic rings. The molecular weight excluding hydrogens is 320 g/mol. The van der Waals surface area contributed by atoms with Gasteiger partial charge >= 0.3 is 0 Å². The molecule has 0 aromatic carbocycles. The average molecular weight is 340 g/mol. The second kappa shape index (κ2) is 6.64. The van der Waals surface area contributed by atoms with Crippen molar-refractivity contribution in [3.8, 4) is 5.82 Å². The highest BCUT2D eigenvalue weighted by Gasteiger charge is 2.26. The van der Waals surface area contributed by atoms with Gasteiger partial charge in [0.05, 0.1) is 12.2 Å². The first-order valence-corrected chi connectivity index (χ1v) is 8.40. The van der Waals surface area contributed by atoms with Gasteiger partial charge in [-0.05, 0) is 32.4 Å². The number of oxazole rings is 1. The minimum Gasteiger partial charge on any atom is -0.448 e. The van der Waals surface area contributed by atoms with Crippen molar-refractivity contribution < 1.29 is 4.42 Å². The molecule has 1 fully saturated rings. The average Bonchev–Trinajstić information content (AvgIpc) is 3.34. The van der Waals surface area contributed by atoms with Crippen LogP contribution < -0.4 is 5.56 Å². The fraction of sp³-hybridized carbons (Fsp3) is 0.412. The first-order chi connectivity index (χ1) is 12.2. The van der Waals surface area contributed by atoms with E-state index in [1.165, 1.54) is 6.39 Å². The summed E-state index contributed by atoms with van der Waals surface area (Å²) in [5.74, 6) is 1.54. The van der Waals surface area contributed by atoms with Crippen LogP contribution in [-0.2, 0) is 13.1 Å². The first-order valence-electron chi connectivity index (χ1n) is 8.40. The molecule has 1 saturated heterocycles. The van der Waals surface area contributed by atoms with E-state index < -0.39 is 0 Å². The van der Waals surface area contributed by atoms with E-state index in [1.54, 1.807) is 33.9 Å². The van der Waals surface area contributed by atoms with E-state index in [9.17, 15) is 4.79 Å². The normalized spacial score (nSPS) is 18.0. The van der Waals surface area contributed by atoms with Gasteiger partial charge in [0, 0.05) is 31.0 Å². The first kappa shape index (κ1) is 15.8. The highest BCUT2D eigenvalue weighted by molar-refractivity contribution is 5.19. The van der Waals surface area contributed by atoms with Gasteiger partial charge in [-0.1, -0.05) is 0 Å². The molecule has 0 radical (unpaired) electrons. The Morgan fingerprint density at radius 2 is 2.28 bits per heavy atom. The molecule has 1 atom stereocenters. The van der Waals surface area contributed by atoms with Crippen LogP contribution in [0.25, 0.3) is 5.82 Å². The summed E-state index contributed by atoms with van der Waals surface area (Å²) in [5.41, 5.74) is 0.868. The van der Waals surface area contributed by atoms with E-state index >= 15 is 0 Å². The van der Waals surface area contributed by atoms with Crippen molar-refractivity contribution in [2.75, 3.05) is 6.54 Å². The van der Waals surface area contributed by atoms with Crippen molar-refractivity contribution in [3.63, 3.8) is 0 Å². The summed E-state index contributed by atoms with van der Waals surface area (Å²) >= 11 is 0. The van der Waals surface area contributed by atoms with Gasteiger partial charge in [-0.3, -0.25) is 14.3 Å². The van der Waals surface area contributed by atoms with Crippen molar-refractivity contribution in [1.82, 2.24) is 29.2 Å². The Balaban J connectivity index is 1.54. The van der Waals surface area contributed by atoms with Crippen molar-refractivity contribution in [2.45, 2.75) is 38.9 Å². The molecule has 8 nitrogen and oxygen atoms in total. The monoisotopic (exact) mass is 340 g/mol. The van der Waals surface area contributed by atoms with Crippen LogP contribution in [0.5, 0.6) is 0 Å². The molecule has 0 bridgehead atoms. The molecule has 4 heterocycles. The van der Waals surface area contributed by atoms with Crippen LogP contribution in [0, 0.1) is 6.92 Å². The van der Waals surface area contributed by atoms with Crippen LogP contribution in [0.2, 0.25) is 0 Å². The molecular formula is C17H20N6O2. The Hall–Kier alpha value is -2.74. The van der Waals surface area contributed by atoms with E-state index in [0.29, 0.717) is 12.4 Å². The van der Waals surface area contributed by atoms with E-state index in [4.69, 9.17) is 4.42 Å². The Morgan fingerprint density at radius 1 is 1.36 bits per heavy atom. The summed E-state index contributed by atoms with van der Waals surface area (Å²) in [5, 5.41) is 4.49. The fourth-order valence-corrected chi connectivity index (χ4v) is 3.28. The molecule has 3 aromatic rings. The number of likely N-dealkylation sites (tertiary alicyclic amines) is 1. The maximum Gasteiger partial charge on any atom is 0.266 e. The quantitative estimate of drug-likeness (QED) is 0.698. The minimum atomic E-state index is -0.0895. The zero-order chi connectivity index (χ0) is 17.2. The van der Waals surface area contributed by atoms with Crippen LogP contribution in [0.4, 0.5) is 0 Å². The van der Waals surface area contributed by atoms with Crippen molar-refractivity contribution in [2.24, 2.45) is 0 Å². The van der Waals surface area contributed by atoms with Gasteiger partial charge in [-0.2, -0.15) is 5.10 Å². The summed E-state index contributed by atoms with van der Waals surface area (Å²) in [4.78, 5) is 22.9. The summed E-state index contributed by atoms with van der Waals surface area (Å²) in [6, 6.07) is 3.54. The number of hydrogen-bond donors (Lipinski definition) is 0. The largest absolute Gasteiger partial charge is 0.448 e. The third kappa shape index (κ3) is 3.25. The van der Waals surface area contributed by atoms with Crippen LogP contribution in [0.3, 0.4) is 0 Å². The Labute approximate surface area is 144 Å². The molecule has 0 amide bonds. The number of aromatic nitrogens is 5. The van der Waals surface area contributed by atoms with Gasteiger partial charge in [0.2, 0.25) is 0 Å². The third-order valence-electron chi connectivity index (χ3n) is 4.70. The smallest absolute Gasteiger partial charge is 0.266 e. The zero-order valence-electron chi connectivity index (χ0n) is 14.1. The lowest BCUT2D eigenvalue weighted by Gasteiger charge is -2.24. The maximum absolute atomic E-state index is 12.2. The van der Waals surface area contributed by atoms with Crippen LogP contribution in [-0.4, -0.2) is 41.8 Å². The van der Waals surface area contributed by atoms with Crippen molar-refractivity contribution >= 4 is 0 Å². The van der Waals surface area contributed by atoms with Crippen LogP contribution >= 0.6 is 0 Å². The predicted octanol–water partition coefficient (Wildman–Crippen LogP) is 1.39. The molecule has 0 aliphatic carbocycles. The second-order valence-electron chi connectivity index (χ2n) is 6.30. The van der Waals surface area contributed by atoms with Gasteiger partial charge in [0.25, 0.3) is 5.56 Å². The molecule has 0 saturated carbocycles. The molecule has 3 aromatic heterocycles. The molecule has 1 unspecified atom stereocenters. The molecule has 1 aliphatic heterocycles. The fourth-order valence-electron chi connectivity index (χ4n) is 3.28. The molecule has 8 heteroatoms. The Kier molecular flexibility index (Phi) is 4.19. The van der Waals surface area contributed by atoms with Crippen molar-refractivity contribution in [1.29, 1.82) is 0 Å². The summed E-state index contributed by atoms with van der Waals surface area (Å²) in [6.45, 7) is 4.22. The SMILES string of the molecule is Cc1ocnc1CN1CCCC1Cn1nc(-n2ccnc2)ccc1=O. The highest BCUT2D eigenvalue weighted by atomic mass is 16.3. The Bertz CT molecular complexity index is 898. The number of rotatable bonds is 5. The molecule has 4 rings (SSSR count). The van der Waals surface area contributed by atoms with Gasteiger partial charge in [0.15, 0.2) is 12.2 Å². The van der Waals surface area contributed by atoms with E-state index in [1.807, 2.05) is 13.1 Å². The van der Waals surface area contributed by atoms with Crippen LogP contribution in [0.15, 0.2) is 46.5 Å². The summed E-state index contributed by atoms with van der Waals surface area (Å²) < 4.78 is 8.63. The topological polar surface area (TPSA) is 82.0 Å². The zero-order valence-corrected chi connectivity index (χ0v) is 14.1. The molecule has 25 heavy (non-hydrogen) atoms. The lowest BCUT2D eigenvalue weighted by Crippen LogP contribution is -2.37. The minimum absolute atomic E-state index is 0.0895. The number of hydrogen-bond acceptors (Lipinski definition) is 6. The van der Waals surface area contributed by atoms with Gasteiger partial charge in [-0.15, -0.1) is 0 Å². The van der Waals surface area contributed by atoms with E-state index in [0.717, 1.165) is 37.4 Å². The van der Waals surface area contributed by atoms with E-state index in [2.05, 4.69) is 20.0 Å². The van der Waals surface area contributed by atoms with Crippen LogP contribution in [0.1, 0.15) is 24.3 Å². The standard InChI is InChI=1S/C17H20N6O2/c1-13-15(19-12-25-13)10-21-7-2-3-14(21)9-23-17(24)5-4-16(20-23)22-8-6-18-11-22/h4-6,8,11-12,14H,2-3,7,9-10H2,1H3. The highest BCUT2D eigenvalue weighted by Crippen LogP contribution is 2.21. The molecule has 0 N–H and O–H groups in total. The van der Waals surface area contributed by atoms with Gasteiger partial charge in [-0.25, -0.2) is 14.6 Å². The third-order valence-corrected chi connectivity index (χ3v) is 4.70. The lowest BCUT2D eigenvalue weighted by molar-refractivity contribution is 0.213. The lowest BCUT2D eigenvalue weighted by atomic mass is 10.2. The van der Waals surface area contributed by atoms with Gasteiger partial charge in [0.1, 0.15) is 12.1 Å². The number of imidazole rings is 1. The summed E-state index contributed by atoms with van der Waals surface area (Å²) in [7, 11) is 0. The molecule has 130 valence electrons. The second-order valence-corrected chi connectivity index (χ2v) is 6.30. The Morgan fingerprint density at radius 3 is 3.04 bits per heavy atom. The van der Waals surface area contributed by atoms with E-state index in [-0.39, 0.29) is 11.6 Å². The molecule has 0 spiro atoms. The maximum atomic E-state index is 12.2. The van der Waals surface area contributed by atoms with Crippen molar-refractivity contribution in [3.05, 3.63) is 59.1 Å². The number of aryl methyl sites for hydroxylation is 1. The number of nitrogens with zero attached hydrogens (tertiary/aromatic N) is 6. The summed E-state index contributed by atoms with van der Waals surface area (Å²) in [6.07, 6.45) is 8.81.